The first-order valence-electron chi connectivity index (χ1n) is 8.64. The van der Waals surface area contributed by atoms with Gasteiger partial charge in [-0.3, -0.25) is 9.78 Å². The molecule has 0 aliphatic heterocycles. The van der Waals surface area contributed by atoms with E-state index in [-0.39, 0.29) is 5.91 Å². The van der Waals surface area contributed by atoms with E-state index in [9.17, 15) is 4.79 Å². The maximum atomic E-state index is 12.2. The van der Waals surface area contributed by atoms with E-state index >= 15 is 0 Å². The zero-order chi connectivity index (χ0) is 18.4. The first kappa shape index (κ1) is 17.7. The molecule has 0 fully saturated rings. The van der Waals surface area contributed by atoms with Gasteiger partial charge in [0.1, 0.15) is 5.75 Å². The van der Waals surface area contributed by atoms with Crippen LogP contribution in [-0.4, -0.2) is 17.0 Å². The third kappa shape index (κ3) is 4.70. The molecule has 1 atom stereocenters. The van der Waals surface area contributed by atoms with Crippen LogP contribution >= 0.6 is 0 Å². The van der Waals surface area contributed by atoms with Crippen molar-refractivity contribution in [3.63, 3.8) is 0 Å². The highest BCUT2D eigenvalue weighted by molar-refractivity contribution is 5.80. The molecule has 1 amide bonds. The molecule has 0 saturated carbocycles. The molecule has 26 heavy (non-hydrogen) atoms. The molecule has 1 N–H and O–H groups in total. The Balaban J connectivity index is 1.55. The first-order valence-corrected chi connectivity index (χ1v) is 8.64. The summed E-state index contributed by atoms with van der Waals surface area (Å²) >= 11 is 0. The second-order valence-electron chi connectivity index (χ2n) is 6.14. The van der Waals surface area contributed by atoms with Crippen LogP contribution in [0.2, 0.25) is 0 Å². The number of ether oxygens (including phenoxy) is 1. The van der Waals surface area contributed by atoms with Crippen molar-refractivity contribution in [3.8, 4) is 16.9 Å². The zero-order valence-electron chi connectivity index (χ0n) is 15.0. The molecule has 3 rings (SSSR count). The average Bonchev–Trinajstić information content (AvgIpc) is 2.67. The Morgan fingerprint density at radius 1 is 0.962 bits per heavy atom. The summed E-state index contributed by atoms with van der Waals surface area (Å²) < 4.78 is 5.75. The van der Waals surface area contributed by atoms with Crippen molar-refractivity contribution in [1.29, 1.82) is 0 Å². The summed E-state index contributed by atoms with van der Waals surface area (Å²) in [6.45, 7) is 4.06. The predicted octanol–water partition coefficient (Wildman–Crippen LogP) is 4.14. The van der Waals surface area contributed by atoms with E-state index in [1.54, 1.807) is 6.92 Å². The Labute approximate surface area is 153 Å². The fraction of sp³-hybridized carbons (Fsp3) is 0.182. The maximum absolute atomic E-state index is 12.2. The van der Waals surface area contributed by atoms with E-state index in [0.29, 0.717) is 12.3 Å². The molecule has 4 heteroatoms. The lowest BCUT2D eigenvalue weighted by Crippen LogP contribution is -2.36. The molecule has 0 aliphatic rings. The molecular formula is C22H22N2O2. The number of hydrogen-bond acceptors (Lipinski definition) is 3. The molecule has 1 unspecified atom stereocenters. The Hall–Kier alpha value is -3.14. The van der Waals surface area contributed by atoms with E-state index in [1.807, 2.05) is 67.6 Å². The molecule has 0 aliphatic carbocycles. The quantitative estimate of drug-likeness (QED) is 0.730. The molecule has 3 aromatic rings. The van der Waals surface area contributed by atoms with Crippen LogP contribution in [0.5, 0.6) is 5.75 Å². The monoisotopic (exact) mass is 346 g/mol. The molecule has 0 spiro atoms. The van der Waals surface area contributed by atoms with Gasteiger partial charge in [-0.1, -0.05) is 48.5 Å². The lowest BCUT2D eigenvalue weighted by atomic mass is 10.1. The average molecular weight is 346 g/mol. The molecule has 0 radical (unpaired) electrons. The summed E-state index contributed by atoms with van der Waals surface area (Å²) in [6, 6.07) is 23.6. The summed E-state index contributed by atoms with van der Waals surface area (Å²) in [4.78, 5) is 16.6. The zero-order valence-corrected chi connectivity index (χ0v) is 15.0. The number of nitrogens with one attached hydrogen (secondary N) is 1. The summed E-state index contributed by atoms with van der Waals surface area (Å²) in [5.41, 5.74) is 4.02. The van der Waals surface area contributed by atoms with Crippen molar-refractivity contribution >= 4 is 5.91 Å². The van der Waals surface area contributed by atoms with Crippen molar-refractivity contribution in [2.45, 2.75) is 26.5 Å². The number of aryl methyl sites for hydroxylation is 1. The largest absolute Gasteiger partial charge is 0.481 e. The summed E-state index contributed by atoms with van der Waals surface area (Å²) in [6.07, 6.45) is -0.581. The lowest BCUT2D eigenvalue weighted by molar-refractivity contribution is -0.127. The fourth-order valence-electron chi connectivity index (χ4n) is 2.63. The minimum absolute atomic E-state index is 0.166. The van der Waals surface area contributed by atoms with E-state index in [0.717, 1.165) is 22.5 Å². The third-order valence-corrected chi connectivity index (χ3v) is 4.03. The first-order chi connectivity index (χ1) is 12.6. The number of nitrogens with zero attached hydrogens (tertiary/aromatic N) is 1. The number of amides is 1. The molecule has 1 aromatic heterocycles. The Morgan fingerprint density at radius 3 is 2.35 bits per heavy atom. The SMILES string of the molecule is Cc1cccc(CNC(=O)C(C)Oc2ccc(-c3ccccc3)cc2)n1. The lowest BCUT2D eigenvalue weighted by Gasteiger charge is -2.15. The van der Waals surface area contributed by atoms with Crippen molar-refractivity contribution < 1.29 is 9.53 Å². The van der Waals surface area contributed by atoms with Gasteiger partial charge in [-0.15, -0.1) is 0 Å². The van der Waals surface area contributed by atoms with Gasteiger partial charge in [0, 0.05) is 5.69 Å². The standard InChI is InChI=1S/C22H22N2O2/c1-16-7-6-10-20(24-16)15-23-22(25)17(2)26-21-13-11-19(12-14-21)18-8-4-3-5-9-18/h3-14,17H,15H2,1-2H3,(H,23,25). The second-order valence-corrected chi connectivity index (χ2v) is 6.14. The van der Waals surface area contributed by atoms with Crippen LogP contribution in [0.25, 0.3) is 11.1 Å². The predicted molar refractivity (Wildman–Crippen MR) is 103 cm³/mol. The summed E-state index contributed by atoms with van der Waals surface area (Å²) in [7, 11) is 0. The Morgan fingerprint density at radius 2 is 1.65 bits per heavy atom. The van der Waals surface area contributed by atoms with Gasteiger partial charge in [-0.2, -0.15) is 0 Å². The highest BCUT2D eigenvalue weighted by atomic mass is 16.5. The van der Waals surface area contributed by atoms with Crippen LogP contribution in [0.4, 0.5) is 0 Å². The highest BCUT2D eigenvalue weighted by Crippen LogP contribution is 2.22. The molecule has 4 nitrogen and oxygen atoms in total. The third-order valence-electron chi connectivity index (χ3n) is 4.03. The van der Waals surface area contributed by atoms with Crippen LogP contribution in [0, 0.1) is 6.92 Å². The van der Waals surface area contributed by atoms with Crippen molar-refractivity contribution in [2.75, 3.05) is 0 Å². The van der Waals surface area contributed by atoms with Gasteiger partial charge in [0.2, 0.25) is 0 Å². The molecular weight excluding hydrogens is 324 g/mol. The van der Waals surface area contributed by atoms with Crippen LogP contribution < -0.4 is 10.1 Å². The molecule has 0 saturated heterocycles. The molecule has 1 heterocycles. The molecule has 2 aromatic carbocycles. The summed E-state index contributed by atoms with van der Waals surface area (Å²) in [5.74, 6) is 0.501. The van der Waals surface area contributed by atoms with Gasteiger partial charge in [0.05, 0.1) is 12.2 Å². The number of rotatable bonds is 6. The van der Waals surface area contributed by atoms with Gasteiger partial charge in [-0.05, 0) is 49.2 Å². The van der Waals surface area contributed by atoms with Gasteiger partial charge < -0.3 is 10.1 Å². The topological polar surface area (TPSA) is 51.2 Å². The normalized spacial score (nSPS) is 11.6. The number of benzene rings is 2. The fourth-order valence-corrected chi connectivity index (χ4v) is 2.63. The minimum Gasteiger partial charge on any atom is -0.481 e. The van der Waals surface area contributed by atoms with Crippen LogP contribution in [0.1, 0.15) is 18.3 Å². The van der Waals surface area contributed by atoms with Crippen LogP contribution in [-0.2, 0) is 11.3 Å². The van der Waals surface area contributed by atoms with E-state index in [2.05, 4.69) is 22.4 Å². The van der Waals surface area contributed by atoms with Crippen molar-refractivity contribution in [2.24, 2.45) is 0 Å². The van der Waals surface area contributed by atoms with Crippen LogP contribution in [0.3, 0.4) is 0 Å². The number of carbonyl (C=O) groups is 1. The Kier molecular flexibility index (Phi) is 5.64. The second kappa shape index (κ2) is 8.30. The van der Waals surface area contributed by atoms with E-state index in [1.165, 1.54) is 0 Å². The van der Waals surface area contributed by atoms with Gasteiger partial charge in [0.15, 0.2) is 6.10 Å². The Bertz CT molecular complexity index is 861. The van der Waals surface area contributed by atoms with Gasteiger partial charge in [0.25, 0.3) is 5.91 Å². The van der Waals surface area contributed by atoms with E-state index in [4.69, 9.17) is 4.74 Å². The maximum Gasteiger partial charge on any atom is 0.261 e. The van der Waals surface area contributed by atoms with Crippen molar-refractivity contribution in [3.05, 3.63) is 84.2 Å². The molecule has 0 bridgehead atoms. The number of aromatic nitrogens is 1. The molecule has 132 valence electrons. The van der Waals surface area contributed by atoms with Crippen LogP contribution in [0.15, 0.2) is 72.8 Å². The number of hydrogen-bond donors (Lipinski definition) is 1. The summed E-state index contributed by atoms with van der Waals surface area (Å²) in [5, 5.41) is 2.86. The number of pyridine rings is 1. The minimum atomic E-state index is -0.581. The number of carbonyl (C=O) groups excluding carboxylic acids is 1. The van der Waals surface area contributed by atoms with Gasteiger partial charge >= 0.3 is 0 Å². The van der Waals surface area contributed by atoms with Crippen molar-refractivity contribution in [1.82, 2.24) is 10.3 Å². The van der Waals surface area contributed by atoms with Gasteiger partial charge in [-0.25, -0.2) is 0 Å². The van der Waals surface area contributed by atoms with E-state index < -0.39 is 6.10 Å². The highest BCUT2D eigenvalue weighted by Gasteiger charge is 2.14. The smallest absolute Gasteiger partial charge is 0.261 e.